The Labute approximate surface area is 154 Å². The van der Waals surface area contributed by atoms with Gasteiger partial charge in [0.05, 0.1) is 19.1 Å². The number of esters is 1. The van der Waals surface area contributed by atoms with E-state index in [2.05, 4.69) is 11.7 Å². The maximum absolute atomic E-state index is 12.3. The minimum atomic E-state index is -0.459. The number of aryl methyl sites for hydroxylation is 1. The summed E-state index contributed by atoms with van der Waals surface area (Å²) in [6.45, 7) is 2.17. The molecule has 2 aromatic carbocycles. The van der Waals surface area contributed by atoms with E-state index in [0.717, 1.165) is 12.8 Å². The summed E-state index contributed by atoms with van der Waals surface area (Å²) in [4.78, 5) is 36.0. The zero-order valence-corrected chi connectivity index (χ0v) is 15.3. The number of hydrogen-bond donors (Lipinski definition) is 0. The molecular formula is C22H24O4. The van der Waals surface area contributed by atoms with Gasteiger partial charge in [-0.1, -0.05) is 56.2 Å². The lowest BCUT2D eigenvalue weighted by molar-refractivity contribution is 0.0600. The van der Waals surface area contributed by atoms with Gasteiger partial charge in [0.2, 0.25) is 0 Å². The van der Waals surface area contributed by atoms with Gasteiger partial charge in [-0.25, -0.2) is 4.79 Å². The number of ketones is 2. The van der Waals surface area contributed by atoms with Crippen LogP contribution in [0, 0.1) is 0 Å². The van der Waals surface area contributed by atoms with E-state index in [0.29, 0.717) is 16.7 Å². The Balaban J connectivity index is 1.96. The molecule has 0 spiro atoms. The zero-order valence-electron chi connectivity index (χ0n) is 15.3. The molecule has 26 heavy (non-hydrogen) atoms. The highest BCUT2D eigenvalue weighted by molar-refractivity contribution is 6.13. The highest BCUT2D eigenvalue weighted by Crippen LogP contribution is 2.13. The van der Waals surface area contributed by atoms with Crippen LogP contribution in [0.5, 0.6) is 0 Å². The van der Waals surface area contributed by atoms with Crippen LogP contribution in [0.1, 0.15) is 69.2 Å². The van der Waals surface area contributed by atoms with Crippen molar-refractivity contribution < 1.29 is 19.1 Å². The van der Waals surface area contributed by atoms with Crippen molar-refractivity contribution in [2.75, 3.05) is 7.11 Å². The van der Waals surface area contributed by atoms with Crippen LogP contribution in [0.4, 0.5) is 0 Å². The van der Waals surface area contributed by atoms with Crippen molar-refractivity contribution >= 4 is 17.5 Å². The van der Waals surface area contributed by atoms with Crippen molar-refractivity contribution in [2.45, 2.75) is 39.0 Å². The molecule has 0 N–H and O–H groups in total. The van der Waals surface area contributed by atoms with Crippen molar-refractivity contribution in [1.29, 1.82) is 0 Å². The van der Waals surface area contributed by atoms with Gasteiger partial charge in [0, 0.05) is 11.1 Å². The van der Waals surface area contributed by atoms with Gasteiger partial charge in [0.25, 0.3) is 0 Å². The Morgan fingerprint density at radius 2 is 1.27 bits per heavy atom. The molecule has 0 aliphatic carbocycles. The van der Waals surface area contributed by atoms with E-state index < -0.39 is 5.97 Å². The molecule has 0 aliphatic heterocycles. The van der Waals surface area contributed by atoms with Gasteiger partial charge >= 0.3 is 5.97 Å². The summed E-state index contributed by atoms with van der Waals surface area (Å²) in [6, 6.07) is 13.6. The SMILES string of the molecule is CCCCCc1ccc(C(=O)CC(=O)c2ccc(C(=O)OC)cc2)cc1. The van der Waals surface area contributed by atoms with Crippen molar-refractivity contribution in [3.05, 3.63) is 70.8 Å². The van der Waals surface area contributed by atoms with E-state index in [1.807, 2.05) is 12.1 Å². The molecule has 0 amide bonds. The second-order valence-corrected chi connectivity index (χ2v) is 6.25. The van der Waals surface area contributed by atoms with E-state index in [4.69, 9.17) is 0 Å². The Hall–Kier alpha value is -2.75. The molecule has 0 heterocycles. The number of rotatable bonds is 9. The molecule has 4 heteroatoms. The third-order valence-electron chi connectivity index (χ3n) is 4.29. The summed E-state index contributed by atoms with van der Waals surface area (Å²) in [5.74, 6) is -0.926. The van der Waals surface area contributed by atoms with Crippen LogP contribution >= 0.6 is 0 Å². The lowest BCUT2D eigenvalue weighted by Crippen LogP contribution is -2.09. The van der Waals surface area contributed by atoms with Gasteiger partial charge in [0.15, 0.2) is 11.6 Å². The van der Waals surface area contributed by atoms with Gasteiger partial charge in [-0.2, -0.15) is 0 Å². The molecule has 0 atom stereocenters. The molecule has 0 aromatic heterocycles. The minimum Gasteiger partial charge on any atom is -0.465 e. The number of hydrogen-bond acceptors (Lipinski definition) is 4. The molecule has 2 aromatic rings. The fourth-order valence-corrected chi connectivity index (χ4v) is 2.70. The van der Waals surface area contributed by atoms with Gasteiger partial charge in [-0.3, -0.25) is 9.59 Å². The summed E-state index contributed by atoms with van der Waals surface area (Å²) in [7, 11) is 1.30. The smallest absolute Gasteiger partial charge is 0.337 e. The first-order valence-electron chi connectivity index (χ1n) is 8.89. The van der Waals surface area contributed by atoms with E-state index in [9.17, 15) is 14.4 Å². The number of benzene rings is 2. The molecule has 0 saturated carbocycles. The van der Waals surface area contributed by atoms with Crippen LogP contribution in [-0.4, -0.2) is 24.6 Å². The monoisotopic (exact) mass is 352 g/mol. The Bertz CT molecular complexity index is 758. The molecule has 136 valence electrons. The van der Waals surface area contributed by atoms with Crippen LogP contribution in [-0.2, 0) is 11.2 Å². The van der Waals surface area contributed by atoms with Gasteiger partial charge in [-0.15, -0.1) is 0 Å². The number of unbranched alkanes of at least 4 members (excludes halogenated alkanes) is 2. The number of ether oxygens (including phenoxy) is 1. The highest BCUT2D eigenvalue weighted by atomic mass is 16.5. The fourth-order valence-electron chi connectivity index (χ4n) is 2.70. The van der Waals surface area contributed by atoms with Crippen LogP contribution in [0.3, 0.4) is 0 Å². The van der Waals surface area contributed by atoms with Gasteiger partial charge < -0.3 is 4.74 Å². The normalized spacial score (nSPS) is 10.4. The largest absolute Gasteiger partial charge is 0.465 e. The average molecular weight is 352 g/mol. The van der Waals surface area contributed by atoms with Crippen molar-refractivity contribution in [3.8, 4) is 0 Å². The molecular weight excluding hydrogens is 328 g/mol. The molecule has 0 aliphatic rings. The predicted octanol–water partition coefficient (Wildman–Crippen LogP) is 4.66. The standard InChI is InChI=1S/C22H24O4/c1-3-4-5-6-16-7-9-17(10-8-16)20(23)15-21(24)18-11-13-19(14-12-18)22(25)26-2/h7-14H,3-6,15H2,1-2H3. The van der Waals surface area contributed by atoms with Crippen LogP contribution in [0.2, 0.25) is 0 Å². The van der Waals surface area contributed by atoms with Crippen LogP contribution in [0.25, 0.3) is 0 Å². The summed E-state index contributed by atoms with van der Waals surface area (Å²) in [5, 5.41) is 0. The predicted molar refractivity (Wildman–Crippen MR) is 101 cm³/mol. The molecule has 0 unspecified atom stereocenters. The van der Waals surface area contributed by atoms with Crippen molar-refractivity contribution in [3.63, 3.8) is 0 Å². The maximum Gasteiger partial charge on any atom is 0.337 e. The molecule has 0 radical (unpaired) electrons. The first-order valence-corrected chi connectivity index (χ1v) is 8.89. The van der Waals surface area contributed by atoms with Gasteiger partial charge in [0.1, 0.15) is 0 Å². The quantitative estimate of drug-likeness (QED) is 0.285. The number of Topliss-reactive ketones (excluding diaryl/α,β-unsaturated/α-hetero) is 2. The molecule has 0 bridgehead atoms. The molecule has 0 fully saturated rings. The van der Waals surface area contributed by atoms with E-state index in [1.54, 1.807) is 24.3 Å². The summed E-state index contributed by atoms with van der Waals surface area (Å²) in [5.41, 5.74) is 2.53. The number of carbonyl (C=O) groups is 3. The Morgan fingerprint density at radius 3 is 1.77 bits per heavy atom. The molecule has 0 saturated heterocycles. The third kappa shape index (κ3) is 5.38. The summed E-state index contributed by atoms with van der Waals surface area (Å²) in [6.07, 6.45) is 4.34. The lowest BCUT2D eigenvalue weighted by Gasteiger charge is -2.05. The zero-order chi connectivity index (χ0) is 18.9. The summed E-state index contributed by atoms with van der Waals surface area (Å²) >= 11 is 0. The van der Waals surface area contributed by atoms with E-state index in [1.165, 1.54) is 37.6 Å². The second-order valence-electron chi connectivity index (χ2n) is 6.25. The second kappa shape index (κ2) is 9.66. The van der Waals surface area contributed by atoms with E-state index >= 15 is 0 Å². The minimum absolute atomic E-state index is 0.188. The third-order valence-corrected chi connectivity index (χ3v) is 4.29. The van der Waals surface area contributed by atoms with Crippen LogP contribution < -0.4 is 0 Å². The first-order chi connectivity index (χ1) is 12.5. The van der Waals surface area contributed by atoms with Crippen molar-refractivity contribution in [2.24, 2.45) is 0 Å². The number of carbonyl (C=O) groups excluding carboxylic acids is 3. The molecule has 2 rings (SSSR count). The Kier molecular flexibility index (Phi) is 7.27. The Morgan fingerprint density at radius 1 is 0.769 bits per heavy atom. The molecule has 4 nitrogen and oxygen atoms in total. The lowest BCUT2D eigenvalue weighted by atomic mass is 9.99. The van der Waals surface area contributed by atoms with Crippen molar-refractivity contribution in [1.82, 2.24) is 0 Å². The topological polar surface area (TPSA) is 60.4 Å². The average Bonchev–Trinajstić information content (AvgIpc) is 2.68. The number of methoxy groups -OCH3 is 1. The van der Waals surface area contributed by atoms with Crippen LogP contribution in [0.15, 0.2) is 48.5 Å². The maximum atomic E-state index is 12.3. The van der Waals surface area contributed by atoms with Gasteiger partial charge in [-0.05, 0) is 30.5 Å². The first kappa shape index (κ1) is 19.6. The summed E-state index contributed by atoms with van der Waals surface area (Å²) < 4.78 is 4.62. The fraction of sp³-hybridized carbons (Fsp3) is 0.318. The van der Waals surface area contributed by atoms with E-state index in [-0.39, 0.29) is 18.0 Å². The highest BCUT2D eigenvalue weighted by Gasteiger charge is 2.14.